The van der Waals surface area contributed by atoms with E-state index in [4.69, 9.17) is 0 Å². The van der Waals surface area contributed by atoms with Gasteiger partial charge in [-0.05, 0) is 36.2 Å². The second-order valence-corrected chi connectivity index (χ2v) is 7.00. The SMILES string of the molecule is Cc1[nH]nc2cc(-c3c(-c4cccc5n[nH]nc45)ccc4n[nH]c(F)c34)ccc12. The molecule has 29 heavy (non-hydrogen) atoms. The molecule has 0 spiro atoms. The summed E-state index contributed by atoms with van der Waals surface area (Å²) in [5.74, 6) is -0.470. The summed E-state index contributed by atoms with van der Waals surface area (Å²) < 4.78 is 14.8. The molecule has 0 fully saturated rings. The van der Waals surface area contributed by atoms with E-state index in [0.29, 0.717) is 10.9 Å². The van der Waals surface area contributed by atoms with Crippen LogP contribution in [0.5, 0.6) is 0 Å². The van der Waals surface area contributed by atoms with Gasteiger partial charge >= 0.3 is 0 Å². The molecule has 0 amide bonds. The van der Waals surface area contributed by atoms with E-state index in [1.165, 1.54) is 0 Å². The normalized spacial score (nSPS) is 11.8. The number of aryl methyl sites for hydroxylation is 1. The molecular weight excluding hydrogens is 369 g/mol. The van der Waals surface area contributed by atoms with Crippen LogP contribution in [0.3, 0.4) is 0 Å². The number of aromatic amines is 3. The van der Waals surface area contributed by atoms with Gasteiger partial charge in [-0.2, -0.15) is 30.0 Å². The fourth-order valence-electron chi connectivity index (χ4n) is 3.98. The van der Waals surface area contributed by atoms with Gasteiger partial charge in [0.15, 0.2) is 0 Å². The van der Waals surface area contributed by atoms with Gasteiger partial charge in [-0.15, -0.1) is 0 Å². The van der Waals surface area contributed by atoms with Gasteiger partial charge in [-0.3, -0.25) is 10.2 Å². The smallest absolute Gasteiger partial charge is 0.217 e. The molecule has 0 aliphatic carbocycles. The Morgan fingerprint density at radius 1 is 0.793 bits per heavy atom. The summed E-state index contributed by atoms with van der Waals surface area (Å²) in [5.41, 5.74) is 7.17. The van der Waals surface area contributed by atoms with Gasteiger partial charge in [-0.25, -0.2) is 0 Å². The molecule has 0 saturated carbocycles. The minimum Gasteiger partial charge on any atom is -0.282 e. The molecule has 0 aliphatic heterocycles. The Morgan fingerprint density at radius 3 is 2.62 bits per heavy atom. The van der Waals surface area contributed by atoms with Crippen molar-refractivity contribution < 1.29 is 4.39 Å². The van der Waals surface area contributed by atoms with Crippen LogP contribution in [0.4, 0.5) is 4.39 Å². The lowest BCUT2D eigenvalue weighted by atomic mass is 9.90. The second kappa shape index (κ2) is 5.71. The molecule has 6 rings (SSSR count). The maximum Gasteiger partial charge on any atom is 0.217 e. The molecular formula is C21H14FN7. The Kier molecular flexibility index (Phi) is 3.14. The lowest BCUT2D eigenvalue weighted by molar-refractivity contribution is 0.588. The third kappa shape index (κ3) is 2.22. The van der Waals surface area contributed by atoms with E-state index in [9.17, 15) is 4.39 Å². The third-order valence-electron chi connectivity index (χ3n) is 5.35. The van der Waals surface area contributed by atoms with Crippen molar-refractivity contribution in [3.05, 3.63) is 60.2 Å². The van der Waals surface area contributed by atoms with Gasteiger partial charge < -0.3 is 0 Å². The highest BCUT2D eigenvalue weighted by atomic mass is 19.1. The van der Waals surface area contributed by atoms with Crippen LogP contribution in [0.2, 0.25) is 0 Å². The highest BCUT2D eigenvalue weighted by Gasteiger charge is 2.20. The molecule has 3 heterocycles. The van der Waals surface area contributed by atoms with Gasteiger partial charge in [-0.1, -0.05) is 30.3 Å². The summed E-state index contributed by atoms with van der Waals surface area (Å²) in [6.07, 6.45) is 0. The van der Waals surface area contributed by atoms with Crippen LogP contribution >= 0.6 is 0 Å². The fraction of sp³-hybridized carbons (Fsp3) is 0.0476. The summed E-state index contributed by atoms with van der Waals surface area (Å²) in [6, 6.07) is 15.5. The van der Waals surface area contributed by atoms with Crippen molar-refractivity contribution in [3.63, 3.8) is 0 Å². The van der Waals surface area contributed by atoms with Crippen molar-refractivity contribution in [2.45, 2.75) is 6.92 Å². The standard InChI is InChI=1S/C21H14FN7/c1-10-12-6-5-11(9-17(12)25-23-10)18-13(7-8-15-19(18)21(22)28-24-15)14-3-2-4-16-20(14)27-29-26-16/h2-9H,1H3,(H,23,25)(H,24,28)(H,26,27,29). The average Bonchev–Trinajstić information content (AvgIpc) is 3.46. The Morgan fingerprint density at radius 2 is 1.69 bits per heavy atom. The van der Waals surface area contributed by atoms with Crippen LogP contribution in [0.25, 0.3) is 55.1 Å². The van der Waals surface area contributed by atoms with E-state index in [1.54, 1.807) is 0 Å². The third-order valence-corrected chi connectivity index (χ3v) is 5.35. The van der Waals surface area contributed by atoms with Crippen molar-refractivity contribution in [3.8, 4) is 22.3 Å². The Balaban J connectivity index is 1.74. The van der Waals surface area contributed by atoms with Gasteiger partial charge in [0.25, 0.3) is 0 Å². The summed E-state index contributed by atoms with van der Waals surface area (Å²) in [7, 11) is 0. The van der Waals surface area contributed by atoms with E-state index in [0.717, 1.165) is 49.9 Å². The molecule has 0 atom stereocenters. The lowest BCUT2D eigenvalue weighted by Crippen LogP contribution is -1.90. The van der Waals surface area contributed by atoms with Crippen molar-refractivity contribution in [2.75, 3.05) is 0 Å². The van der Waals surface area contributed by atoms with Crippen LogP contribution in [-0.2, 0) is 0 Å². The number of hydrogen-bond acceptors (Lipinski definition) is 4. The molecule has 0 saturated heterocycles. The molecule has 3 aromatic heterocycles. The number of hydrogen-bond donors (Lipinski definition) is 3. The zero-order valence-corrected chi connectivity index (χ0v) is 15.3. The highest BCUT2D eigenvalue weighted by molar-refractivity contribution is 6.07. The zero-order chi connectivity index (χ0) is 19.5. The maximum atomic E-state index is 14.8. The van der Waals surface area contributed by atoms with E-state index >= 15 is 0 Å². The molecule has 0 bridgehead atoms. The van der Waals surface area contributed by atoms with Crippen LogP contribution in [0.1, 0.15) is 5.69 Å². The Hall–Kier alpha value is -4.07. The topological polar surface area (TPSA) is 98.9 Å². The number of halogens is 1. The predicted octanol–water partition coefficient (Wildman–Crippen LogP) is 4.49. The van der Waals surface area contributed by atoms with Crippen molar-refractivity contribution in [2.24, 2.45) is 0 Å². The van der Waals surface area contributed by atoms with Crippen molar-refractivity contribution in [1.82, 2.24) is 35.8 Å². The number of H-pyrrole nitrogens is 3. The van der Waals surface area contributed by atoms with Crippen molar-refractivity contribution in [1.29, 1.82) is 0 Å². The zero-order valence-electron chi connectivity index (χ0n) is 15.3. The predicted molar refractivity (Wildman–Crippen MR) is 109 cm³/mol. The van der Waals surface area contributed by atoms with E-state index in [-0.39, 0.29) is 0 Å². The number of fused-ring (bicyclic) bond motifs is 3. The first kappa shape index (κ1) is 15.9. The molecule has 0 unspecified atom stereocenters. The molecule has 140 valence electrons. The molecule has 7 nitrogen and oxygen atoms in total. The molecule has 0 aliphatic rings. The first-order chi connectivity index (χ1) is 14.2. The highest BCUT2D eigenvalue weighted by Crippen LogP contribution is 2.41. The number of para-hydroxylation sites is 1. The minimum absolute atomic E-state index is 0.439. The first-order valence-electron chi connectivity index (χ1n) is 9.12. The van der Waals surface area contributed by atoms with Gasteiger partial charge in [0.1, 0.15) is 11.0 Å². The molecule has 3 N–H and O–H groups in total. The molecule has 8 heteroatoms. The second-order valence-electron chi connectivity index (χ2n) is 7.00. The van der Waals surface area contributed by atoms with Gasteiger partial charge in [0.2, 0.25) is 5.95 Å². The number of nitrogens with one attached hydrogen (secondary N) is 3. The van der Waals surface area contributed by atoms with E-state index < -0.39 is 5.95 Å². The fourth-order valence-corrected chi connectivity index (χ4v) is 3.98. The number of benzene rings is 3. The molecule has 3 aromatic carbocycles. The summed E-state index contributed by atoms with van der Waals surface area (Å²) in [5, 5.41) is 26.6. The van der Waals surface area contributed by atoms with E-state index in [1.807, 2.05) is 55.5 Å². The lowest BCUT2D eigenvalue weighted by Gasteiger charge is -2.12. The number of nitrogens with zero attached hydrogens (tertiary/aromatic N) is 4. The monoisotopic (exact) mass is 383 g/mol. The summed E-state index contributed by atoms with van der Waals surface area (Å²) in [6.45, 7) is 1.97. The first-order valence-corrected chi connectivity index (χ1v) is 9.12. The summed E-state index contributed by atoms with van der Waals surface area (Å²) in [4.78, 5) is 0. The van der Waals surface area contributed by atoms with Crippen LogP contribution < -0.4 is 0 Å². The van der Waals surface area contributed by atoms with Gasteiger partial charge in [0, 0.05) is 22.2 Å². The van der Waals surface area contributed by atoms with Crippen LogP contribution in [0, 0.1) is 12.9 Å². The maximum absolute atomic E-state index is 14.8. The average molecular weight is 383 g/mol. The van der Waals surface area contributed by atoms with Gasteiger partial charge in [0.05, 0.1) is 16.4 Å². The van der Waals surface area contributed by atoms with Crippen LogP contribution in [-0.4, -0.2) is 35.8 Å². The molecule has 6 aromatic rings. The largest absolute Gasteiger partial charge is 0.282 e. The van der Waals surface area contributed by atoms with Crippen molar-refractivity contribution >= 4 is 32.8 Å². The quantitative estimate of drug-likeness (QED) is 0.410. The molecule has 0 radical (unpaired) electrons. The summed E-state index contributed by atoms with van der Waals surface area (Å²) >= 11 is 0. The number of aromatic nitrogens is 7. The van der Waals surface area contributed by atoms with E-state index in [2.05, 4.69) is 35.8 Å². The minimum atomic E-state index is -0.470. The Bertz CT molecular complexity index is 1540. The Labute approximate surface area is 163 Å². The van der Waals surface area contributed by atoms with Crippen LogP contribution in [0.15, 0.2) is 48.5 Å². The number of rotatable bonds is 2.